The summed E-state index contributed by atoms with van der Waals surface area (Å²) >= 11 is 6.23. The van der Waals surface area contributed by atoms with Crippen molar-refractivity contribution in [2.75, 3.05) is 23.9 Å². The van der Waals surface area contributed by atoms with Gasteiger partial charge in [-0.1, -0.05) is 35.9 Å². The molecule has 1 N–H and O–H groups in total. The first kappa shape index (κ1) is 35.2. The molecule has 0 spiro atoms. The topological polar surface area (TPSA) is 104 Å². The number of halogens is 5. The number of piperidine rings is 1. The highest BCUT2D eigenvalue weighted by atomic mass is 35.5. The quantitative estimate of drug-likeness (QED) is 0.192. The number of sulfonamides is 1. The number of nitrogens with zero attached hydrogens (tertiary/aromatic N) is 2. The van der Waals surface area contributed by atoms with Gasteiger partial charge in [0, 0.05) is 25.1 Å². The lowest BCUT2D eigenvalue weighted by Crippen LogP contribution is -2.46. The van der Waals surface area contributed by atoms with Gasteiger partial charge < -0.3 is 14.7 Å². The fourth-order valence-corrected chi connectivity index (χ4v) is 7.72. The van der Waals surface area contributed by atoms with Crippen LogP contribution in [0.4, 0.5) is 23.2 Å². The zero-order chi connectivity index (χ0) is 35.0. The summed E-state index contributed by atoms with van der Waals surface area (Å²) < 4.78 is 90.4. The number of carboxylic acid groups (broad SMARTS) is 1. The molecule has 5 rings (SSSR count). The molecule has 1 amide bonds. The Bertz CT molecular complexity index is 1850. The Morgan fingerprint density at radius 2 is 1.77 bits per heavy atom. The first-order chi connectivity index (χ1) is 22.5. The molecule has 2 heterocycles. The first-order valence-corrected chi connectivity index (χ1v) is 17.0. The second-order valence-electron chi connectivity index (χ2n) is 12.2. The number of carbonyl (C=O) groups is 2. The molecule has 1 fully saturated rings. The summed E-state index contributed by atoms with van der Waals surface area (Å²) in [6.07, 6.45) is -3.36. The SMILES string of the molecule is C/C(=C\c1ccc2c(c1)N(S(=O)(=O)c1cccc(C(F)(F)F)c1)C[C@H](CCC(=O)N1CCC(C)(C(=O)O)CC1)O2)c1c(F)cccc1Cl. The smallest absolute Gasteiger partial charge is 0.416 e. The number of carbonyl (C=O) groups excluding carboxylic acids is 1. The third-order valence-electron chi connectivity index (χ3n) is 8.82. The van der Waals surface area contributed by atoms with Gasteiger partial charge in [-0.15, -0.1) is 0 Å². The Balaban J connectivity index is 1.45. The molecule has 0 radical (unpaired) electrons. The molecular weight excluding hydrogens is 676 g/mol. The van der Waals surface area contributed by atoms with Gasteiger partial charge in [0.25, 0.3) is 10.0 Å². The van der Waals surface area contributed by atoms with Crippen molar-refractivity contribution in [1.29, 1.82) is 0 Å². The van der Waals surface area contributed by atoms with E-state index < -0.39 is 50.0 Å². The van der Waals surface area contributed by atoms with Crippen LogP contribution in [0.25, 0.3) is 11.6 Å². The minimum Gasteiger partial charge on any atom is -0.486 e. The molecule has 1 saturated heterocycles. The summed E-state index contributed by atoms with van der Waals surface area (Å²) in [7, 11) is -4.58. The summed E-state index contributed by atoms with van der Waals surface area (Å²) in [5.74, 6) is -1.59. The number of hydrogen-bond donors (Lipinski definition) is 1. The van der Waals surface area contributed by atoms with Crippen LogP contribution in [0, 0.1) is 11.2 Å². The summed E-state index contributed by atoms with van der Waals surface area (Å²) in [5.41, 5.74) is -0.939. The van der Waals surface area contributed by atoms with Crippen LogP contribution in [-0.4, -0.2) is 56.0 Å². The number of alkyl halides is 3. The Hall–Kier alpha value is -4.10. The van der Waals surface area contributed by atoms with Gasteiger partial charge in [0.15, 0.2) is 0 Å². The van der Waals surface area contributed by atoms with E-state index in [1.54, 1.807) is 30.9 Å². The van der Waals surface area contributed by atoms with Gasteiger partial charge in [-0.05, 0) is 86.7 Å². The summed E-state index contributed by atoms with van der Waals surface area (Å²) in [5, 5.41) is 9.66. The molecule has 48 heavy (non-hydrogen) atoms. The number of fused-ring (bicyclic) bond motifs is 1. The van der Waals surface area contributed by atoms with Crippen LogP contribution in [0.15, 0.2) is 65.6 Å². The fourth-order valence-electron chi connectivity index (χ4n) is 5.86. The first-order valence-electron chi connectivity index (χ1n) is 15.1. The normalized spacial score (nSPS) is 18.2. The Morgan fingerprint density at radius 1 is 1.08 bits per heavy atom. The number of ether oxygens (including phenoxy) is 1. The van der Waals surface area contributed by atoms with Gasteiger partial charge in [0.2, 0.25) is 5.91 Å². The van der Waals surface area contributed by atoms with Gasteiger partial charge >= 0.3 is 12.1 Å². The van der Waals surface area contributed by atoms with Crippen molar-refractivity contribution in [1.82, 2.24) is 4.90 Å². The maximum atomic E-state index is 14.6. The van der Waals surface area contributed by atoms with Crippen LogP contribution in [-0.2, 0) is 25.8 Å². The van der Waals surface area contributed by atoms with Crippen LogP contribution >= 0.6 is 11.6 Å². The minimum atomic E-state index is -4.78. The molecule has 3 aromatic rings. The maximum Gasteiger partial charge on any atom is 0.416 e. The summed E-state index contributed by atoms with van der Waals surface area (Å²) in [4.78, 5) is 25.6. The van der Waals surface area contributed by atoms with Gasteiger partial charge in [0.05, 0.1) is 33.1 Å². The van der Waals surface area contributed by atoms with Gasteiger partial charge in [0.1, 0.15) is 17.7 Å². The predicted octanol–water partition coefficient (Wildman–Crippen LogP) is 7.51. The molecule has 14 heteroatoms. The lowest BCUT2D eigenvalue weighted by atomic mass is 9.80. The average Bonchev–Trinajstić information content (AvgIpc) is 3.03. The van der Waals surface area contributed by atoms with Crippen molar-refractivity contribution < 1.29 is 45.4 Å². The van der Waals surface area contributed by atoms with E-state index in [4.69, 9.17) is 16.3 Å². The minimum absolute atomic E-state index is 0.0232. The Morgan fingerprint density at radius 3 is 2.42 bits per heavy atom. The largest absolute Gasteiger partial charge is 0.486 e. The average molecular weight is 709 g/mol. The van der Waals surface area contributed by atoms with Gasteiger partial charge in [-0.3, -0.25) is 13.9 Å². The predicted molar refractivity (Wildman–Crippen MR) is 173 cm³/mol. The third-order valence-corrected chi connectivity index (χ3v) is 10.9. The molecule has 2 aliphatic rings. The van der Waals surface area contributed by atoms with E-state index in [9.17, 15) is 40.7 Å². The number of hydrogen-bond acceptors (Lipinski definition) is 5. The monoisotopic (exact) mass is 708 g/mol. The maximum absolute atomic E-state index is 14.6. The van der Waals surface area contributed by atoms with E-state index >= 15 is 0 Å². The van der Waals surface area contributed by atoms with E-state index in [2.05, 4.69) is 0 Å². The standard InChI is InChI=1S/C34H33ClF4N2O6S/c1-21(31-26(35)7-4-8-27(31)36)17-22-9-11-29-28(18-22)41(48(45,46)25-6-3-5-23(19-25)34(37,38)39)20-24(47-29)10-12-30(42)40-15-13-33(2,14-16-40)32(43)44/h3-9,11,17-19,24H,10,12-16,20H2,1-2H3,(H,43,44)/b21-17+/t24-/m0/s1. The van der Waals surface area contributed by atoms with E-state index in [-0.39, 0.29) is 60.4 Å². The highest BCUT2D eigenvalue weighted by Gasteiger charge is 2.40. The van der Waals surface area contributed by atoms with E-state index in [0.29, 0.717) is 30.0 Å². The summed E-state index contributed by atoms with van der Waals surface area (Å²) in [6.45, 7) is 3.50. The molecule has 8 nitrogen and oxygen atoms in total. The van der Waals surface area contributed by atoms with Crippen molar-refractivity contribution in [2.45, 2.75) is 56.7 Å². The second-order valence-corrected chi connectivity index (χ2v) is 14.5. The highest BCUT2D eigenvalue weighted by Crippen LogP contribution is 2.41. The Labute approximate surface area is 280 Å². The van der Waals surface area contributed by atoms with Crippen LogP contribution in [0.3, 0.4) is 0 Å². The zero-order valence-corrected chi connectivity index (χ0v) is 27.6. The van der Waals surface area contributed by atoms with Crippen molar-refractivity contribution in [3.8, 4) is 5.75 Å². The van der Waals surface area contributed by atoms with Crippen LogP contribution in [0.2, 0.25) is 5.02 Å². The molecule has 0 aromatic heterocycles. The van der Waals surface area contributed by atoms with Crippen molar-refractivity contribution >= 4 is 50.8 Å². The molecule has 3 aromatic carbocycles. The molecule has 0 unspecified atom stereocenters. The van der Waals surface area contributed by atoms with E-state index in [0.717, 1.165) is 22.5 Å². The lowest BCUT2D eigenvalue weighted by molar-refractivity contribution is -0.153. The number of anilines is 1. The van der Waals surface area contributed by atoms with Crippen molar-refractivity contribution in [3.05, 3.63) is 88.2 Å². The number of carboxylic acids is 1. The van der Waals surface area contributed by atoms with Crippen molar-refractivity contribution in [3.63, 3.8) is 0 Å². The van der Waals surface area contributed by atoms with Crippen LogP contribution in [0.5, 0.6) is 5.75 Å². The molecule has 256 valence electrons. The van der Waals surface area contributed by atoms with E-state index in [1.165, 1.54) is 30.3 Å². The highest BCUT2D eigenvalue weighted by molar-refractivity contribution is 7.92. The lowest BCUT2D eigenvalue weighted by Gasteiger charge is -2.37. The number of amides is 1. The van der Waals surface area contributed by atoms with Crippen molar-refractivity contribution in [2.24, 2.45) is 5.41 Å². The number of rotatable bonds is 8. The number of aliphatic carboxylic acids is 1. The molecule has 0 aliphatic carbocycles. The summed E-state index contributed by atoms with van der Waals surface area (Å²) in [6, 6.07) is 12.3. The molecule has 2 aliphatic heterocycles. The molecule has 0 bridgehead atoms. The van der Waals surface area contributed by atoms with Crippen LogP contribution < -0.4 is 9.04 Å². The number of likely N-dealkylation sites (tertiary alicyclic amines) is 1. The van der Waals surface area contributed by atoms with Gasteiger partial charge in [-0.2, -0.15) is 13.2 Å². The van der Waals surface area contributed by atoms with Crippen LogP contribution in [0.1, 0.15) is 56.2 Å². The van der Waals surface area contributed by atoms with Gasteiger partial charge in [-0.25, -0.2) is 12.8 Å². The number of benzene rings is 3. The zero-order valence-electron chi connectivity index (χ0n) is 26.1. The number of allylic oxidation sites excluding steroid dienone is 1. The molecule has 0 saturated carbocycles. The van der Waals surface area contributed by atoms with E-state index in [1.807, 2.05) is 0 Å². The third kappa shape index (κ3) is 7.31. The Kier molecular flexibility index (Phi) is 9.85. The molecule has 1 atom stereocenters. The second kappa shape index (κ2) is 13.4. The fraction of sp³-hybridized carbons (Fsp3) is 0.353. The molecular formula is C34H33ClF4N2O6S.